The van der Waals surface area contributed by atoms with E-state index in [-0.39, 0.29) is 31.1 Å². The van der Waals surface area contributed by atoms with Gasteiger partial charge >= 0.3 is 17.9 Å². The predicted octanol–water partition coefficient (Wildman–Crippen LogP) is 24.3. The van der Waals surface area contributed by atoms with Gasteiger partial charge in [0.15, 0.2) is 6.10 Å². The third-order valence-corrected chi connectivity index (χ3v) is 15.8. The van der Waals surface area contributed by atoms with Crippen molar-refractivity contribution in [2.24, 2.45) is 0 Å². The van der Waals surface area contributed by atoms with Crippen LogP contribution in [0.5, 0.6) is 0 Å². The molecule has 0 fully saturated rings. The zero-order chi connectivity index (χ0) is 57.8. The molecular weight excluding hydrogens is 985 g/mol. The second kappa shape index (κ2) is 68.6. The Morgan fingerprint density at radius 3 is 0.800 bits per heavy atom. The molecule has 6 nitrogen and oxygen atoms in total. The standard InChI is InChI=1S/C74H134O6/c1-4-7-10-13-16-19-22-25-28-30-32-33-34-35-36-37-38-39-40-41-42-44-46-49-52-55-58-61-64-67-73(76)79-70-71(69-78-72(75)66-63-60-57-54-51-48-45-27-24-21-18-15-12-9-6-3)80-74(77)68-65-62-59-56-53-50-47-43-31-29-26-23-20-17-14-11-8-5-2/h9,12,18,21,27,29,31,45,51,54,71H,4-8,10-11,13-17,19-20,22-26,28,30,32-44,46-50,52-53,55-70H2,1-3H3/b12-9-,21-18-,31-29-,45-27-,54-51-. The fourth-order valence-corrected chi connectivity index (χ4v) is 10.5. The lowest BCUT2D eigenvalue weighted by molar-refractivity contribution is -0.167. The molecule has 0 aromatic heterocycles. The molecule has 0 radical (unpaired) electrons. The predicted molar refractivity (Wildman–Crippen MR) is 348 cm³/mol. The summed E-state index contributed by atoms with van der Waals surface area (Å²) in [5, 5.41) is 0. The Kier molecular flexibility index (Phi) is 66.1. The number of unbranched alkanes of at least 4 members (excludes halogenated alkanes) is 44. The van der Waals surface area contributed by atoms with Crippen LogP contribution in [0.4, 0.5) is 0 Å². The van der Waals surface area contributed by atoms with Crippen LogP contribution in [0.15, 0.2) is 60.8 Å². The van der Waals surface area contributed by atoms with E-state index in [0.29, 0.717) is 19.3 Å². The number of hydrogen-bond acceptors (Lipinski definition) is 6. The molecule has 466 valence electrons. The van der Waals surface area contributed by atoms with E-state index in [1.807, 2.05) is 0 Å². The van der Waals surface area contributed by atoms with Crippen molar-refractivity contribution < 1.29 is 28.6 Å². The SMILES string of the molecule is CC/C=C\C/C=C\C/C=C\C/C=C\CCCCC(=O)OCC(COC(=O)CCCCCCCCCCCCCCCCCCCCCCCCCCCCCCC)OC(=O)CCCCCCCCC/C=C\CCCCCCCCC. The first kappa shape index (κ1) is 77.1. The van der Waals surface area contributed by atoms with Crippen molar-refractivity contribution in [2.75, 3.05) is 13.2 Å². The molecule has 0 amide bonds. The Hall–Kier alpha value is -2.89. The highest BCUT2D eigenvalue weighted by Gasteiger charge is 2.19. The maximum Gasteiger partial charge on any atom is 0.306 e. The average molecular weight is 1120 g/mol. The molecule has 80 heavy (non-hydrogen) atoms. The maximum atomic E-state index is 12.9. The minimum atomic E-state index is -0.794. The lowest BCUT2D eigenvalue weighted by atomic mass is 10.0. The Morgan fingerprint density at radius 2 is 0.487 bits per heavy atom. The minimum Gasteiger partial charge on any atom is -0.462 e. The van der Waals surface area contributed by atoms with E-state index in [9.17, 15) is 14.4 Å². The summed E-state index contributed by atoms with van der Waals surface area (Å²) >= 11 is 0. The zero-order valence-electron chi connectivity index (χ0n) is 53.6. The van der Waals surface area contributed by atoms with Crippen molar-refractivity contribution in [1.29, 1.82) is 0 Å². The maximum absolute atomic E-state index is 12.9. The van der Waals surface area contributed by atoms with Gasteiger partial charge < -0.3 is 14.2 Å². The van der Waals surface area contributed by atoms with Gasteiger partial charge in [0.1, 0.15) is 13.2 Å². The number of carbonyl (C=O) groups is 3. The number of carbonyl (C=O) groups excluding carboxylic acids is 3. The quantitative estimate of drug-likeness (QED) is 0.0261. The molecule has 0 saturated carbocycles. The van der Waals surface area contributed by atoms with Crippen molar-refractivity contribution in [3.63, 3.8) is 0 Å². The highest BCUT2D eigenvalue weighted by Crippen LogP contribution is 2.18. The summed E-state index contributed by atoms with van der Waals surface area (Å²) in [4.78, 5) is 38.4. The molecule has 1 unspecified atom stereocenters. The van der Waals surface area contributed by atoms with Gasteiger partial charge in [-0.15, -0.1) is 0 Å². The number of ether oxygens (including phenoxy) is 3. The summed E-state index contributed by atoms with van der Waals surface area (Å²) in [5.74, 6) is -0.912. The van der Waals surface area contributed by atoms with E-state index in [4.69, 9.17) is 14.2 Å². The average Bonchev–Trinajstić information content (AvgIpc) is 3.46. The van der Waals surface area contributed by atoms with Gasteiger partial charge in [0.25, 0.3) is 0 Å². The van der Waals surface area contributed by atoms with E-state index >= 15 is 0 Å². The number of hydrogen-bond donors (Lipinski definition) is 0. The van der Waals surface area contributed by atoms with Crippen molar-refractivity contribution in [3.05, 3.63) is 60.8 Å². The first-order valence-electron chi connectivity index (χ1n) is 35.3. The van der Waals surface area contributed by atoms with E-state index < -0.39 is 6.10 Å². The van der Waals surface area contributed by atoms with Gasteiger partial charge in [-0.05, 0) is 83.5 Å². The highest BCUT2D eigenvalue weighted by atomic mass is 16.6. The second-order valence-electron chi connectivity index (χ2n) is 23.8. The molecule has 0 aromatic carbocycles. The van der Waals surface area contributed by atoms with E-state index in [1.165, 1.54) is 250 Å². The number of rotatable bonds is 65. The van der Waals surface area contributed by atoms with E-state index in [2.05, 4.69) is 81.5 Å². The van der Waals surface area contributed by atoms with Crippen LogP contribution in [-0.2, 0) is 28.6 Å². The first-order valence-corrected chi connectivity index (χ1v) is 35.3. The van der Waals surface area contributed by atoms with Gasteiger partial charge in [0.2, 0.25) is 0 Å². The minimum absolute atomic E-state index is 0.0858. The third-order valence-electron chi connectivity index (χ3n) is 15.8. The summed E-state index contributed by atoms with van der Waals surface area (Å²) in [6, 6.07) is 0. The third kappa shape index (κ3) is 65.9. The Bertz CT molecular complexity index is 1430. The summed E-state index contributed by atoms with van der Waals surface area (Å²) < 4.78 is 16.9. The van der Waals surface area contributed by atoms with Gasteiger partial charge in [-0.3, -0.25) is 14.4 Å². The summed E-state index contributed by atoms with van der Waals surface area (Å²) in [7, 11) is 0. The fourth-order valence-electron chi connectivity index (χ4n) is 10.5. The molecule has 0 aliphatic heterocycles. The lowest BCUT2D eigenvalue weighted by Crippen LogP contribution is -2.30. The molecule has 0 bridgehead atoms. The summed E-state index contributed by atoms with van der Waals surface area (Å²) in [6.45, 7) is 6.55. The van der Waals surface area contributed by atoms with Crippen molar-refractivity contribution in [3.8, 4) is 0 Å². The fraction of sp³-hybridized carbons (Fsp3) is 0.824. The van der Waals surface area contributed by atoms with Gasteiger partial charge in [0, 0.05) is 19.3 Å². The van der Waals surface area contributed by atoms with Crippen LogP contribution in [0.2, 0.25) is 0 Å². The molecule has 0 aliphatic carbocycles. The molecule has 6 heteroatoms. The van der Waals surface area contributed by atoms with Crippen molar-refractivity contribution >= 4 is 17.9 Å². The van der Waals surface area contributed by atoms with Crippen LogP contribution in [0.25, 0.3) is 0 Å². The molecule has 0 saturated heterocycles. The molecular formula is C74H134O6. The van der Waals surface area contributed by atoms with Crippen molar-refractivity contribution in [2.45, 2.75) is 380 Å². The summed E-state index contributed by atoms with van der Waals surface area (Å²) in [5.41, 5.74) is 0. The molecule has 0 aliphatic rings. The molecule has 0 spiro atoms. The highest BCUT2D eigenvalue weighted by molar-refractivity contribution is 5.71. The molecule has 0 N–H and O–H groups in total. The van der Waals surface area contributed by atoms with E-state index in [1.54, 1.807) is 0 Å². The Morgan fingerprint density at radius 1 is 0.263 bits per heavy atom. The van der Waals surface area contributed by atoms with Crippen LogP contribution in [0.1, 0.15) is 374 Å². The van der Waals surface area contributed by atoms with Crippen LogP contribution in [-0.4, -0.2) is 37.2 Å². The van der Waals surface area contributed by atoms with E-state index in [0.717, 1.165) is 83.5 Å². The molecule has 0 heterocycles. The van der Waals surface area contributed by atoms with Gasteiger partial charge in [-0.2, -0.15) is 0 Å². The van der Waals surface area contributed by atoms with Crippen molar-refractivity contribution in [1.82, 2.24) is 0 Å². The molecule has 0 rings (SSSR count). The van der Waals surface area contributed by atoms with Gasteiger partial charge in [-0.25, -0.2) is 0 Å². The second-order valence-corrected chi connectivity index (χ2v) is 23.8. The monoisotopic (exact) mass is 1120 g/mol. The van der Waals surface area contributed by atoms with Crippen LogP contribution in [0.3, 0.4) is 0 Å². The topological polar surface area (TPSA) is 78.9 Å². The Balaban J connectivity index is 4.24. The molecule has 1 atom stereocenters. The first-order chi connectivity index (χ1) is 39.5. The largest absolute Gasteiger partial charge is 0.462 e. The lowest BCUT2D eigenvalue weighted by Gasteiger charge is -2.18. The normalized spacial score (nSPS) is 12.4. The van der Waals surface area contributed by atoms with Gasteiger partial charge in [-0.1, -0.05) is 332 Å². The zero-order valence-corrected chi connectivity index (χ0v) is 53.6. The number of esters is 3. The Labute approximate surface area is 498 Å². The molecule has 0 aromatic rings. The summed E-state index contributed by atoms with van der Waals surface area (Å²) in [6.07, 6.45) is 88.4. The van der Waals surface area contributed by atoms with Gasteiger partial charge in [0.05, 0.1) is 0 Å². The van der Waals surface area contributed by atoms with Crippen LogP contribution < -0.4 is 0 Å². The number of allylic oxidation sites excluding steroid dienone is 10. The van der Waals surface area contributed by atoms with Crippen LogP contribution in [0, 0.1) is 0 Å². The van der Waals surface area contributed by atoms with Crippen LogP contribution >= 0.6 is 0 Å². The smallest absolute Gasteiger partial charge is 0.306 e.